The molecule has 0 bridgehead atoms. The van der Waals surface area contributed by atoms with Gasteiger partial charge in [0.25, 0.3) is 0 Å². The van der Waals surface area contributed by atoms with Gasteiger partial charge in [0, 0.05) is 17.8 Å². The molecular weight excluding hydrogens is 206 g/mol. The number of carbonyl (C=O) groups excluding carboxylic acids is 3. The molecule has 0 aromatic heterocycles. The first-order valence-electron chi connectivity index (χ1n) is 5.78. The van der Waals surface area contributed by atoms with Crippen LogP contribution in [0.5, 0.6) is 0 Å². The lowest BCUT2D eigenvalue weighted by Crippen LogP contribution is -2.37. The Balaban J connectivity index is 2.72. The fourth-order valence-corrected chi connectivity index (χ4v) is 1.72. The summed E-state index contributed by atoms with van der Waals surface area (Å²) in [4.78, 5) is 36.3. The lowest BCUT2D eigenvalue weighted by atomic mass is 10.00. The average Bonchev–Trinajstić information content (AvgIpc) is 2.45. The molecule has 1 aliphatic rings. The highest BCUT2D eigenvalue weighted by Crippen LogP contribution is 2.25. The zero-order valence-electron chi connectivity index (χ0n) is 10.3. The first-order chi connectivity index (χ1) is 7.40. The fraction of sp³-hybridized carbons (Fsp3) is 0.750. The Morgan fingerprint density at radius 2 is 1.69 bits per heavy atom. The molecule has 1 aliphatic heterocycles. The Bertz CT molecular complexity index is 304. The fourth-order valence-electron chi connectivity index (χ4n) is 1.72. The van der Waals surface area contributed by atoms with Crippen molar-refractivity contribution in [3.63, 3.8) is 0 Å². The van der Waals surface area contributed by atoms with Gasteiger partial charge in [0.15, 0.2) is 5.78 Å². The van der Waals surface area contributed by atoms with Crippen molar-refractivity contribution in [2.24, 2.45) is 17.8 Å². The topological polar surface area (TPSA) is 54.5 Å². The molecule has 3 atom stereocenters. The summed E-state index contributed by atoms with van der Waals surface area (Å²) in [5.74, 6) is -1.14. The predicted octanol–water partition coefficient (Wildman–Crippen LogP) is 1.24. The summed E-state index contributed by atoms with van der Waals surface area (Å²) in [6, 6.07) is 0. The number of ketones is 1. The van der Waals surface area contributed by atoms with Gasteiger partial charge in [-0.3, -0.25) is 19.3 Å². The van der Waals surface area contributed by atoms with Gasteiger partial charge in [-0.25, -0.2) is 0 Å². The van der Waals surface area contributed by atoms with E-state index < -0.39 is 0 Å². The zero-order valence-corrected chi connectivity index (χ0v) is 10.3. The largest absolute Gasteiger partial charge is 0.297 e. The molecule has 0 radical (unpaired) electrons. The van der Waals surface area contributed by atoms with E-state index in [0.717, 1.165) is 11.3 Å². The van der Waals surface area contributed by atoms with E-state index in [1.165, 1.54) is 0 Å². The van der Waals surface area contributed by atoms with Crippen molar-refractivity contribution in [2.45, 2.75) is 34.1 Å². The van der Waals surface area contributed by atoms with Crippen LogP contribution in [0.4, 0.5) is 0 Å². The first kappa shape index (κ1) is 12.9. The molecule has 1 rings (SSSR count). The van der Waals surface area contributed by atoms with Gasteiger partial charge in [-0.1, -0.05) is 27.7 Å². The van der Waals surface area contributed by atoms with Crippen molar-refractivity contribution in [2.75, 3.05) is 6.54 Å². The lowest BCUT2D eigenvalue weighted by Gasteiger charge is -2.15. The Kier molecular flexibility index (Phi) is 3.83. The van der Waals surface area contributed by atoms with Crippen LogP contribution < -0.4 is 0 Å². The second-order valence-corrected chi connectivity index (χ2v) is 4.62. The molecule has 0 spiro atoms. The van der Waals surface area contributed by atoms with Crippen molar-refractivity contribution in [3.05, 3.63) is 0 Å². The maximum absolute atomic E-state index is 11.7. The van der Waals surface area contributed by atoms with Gasteiger partial charge in [0.05, 0.1) is 6.54 Å². The molecule has 16 heavy (non-hydrogen) atoms. The van der Waals surface area contributed by atoms with Gasteiger partial charge in [0.2, 0.25) is 11.8 Å². The maximum Gasteiger partial charge on any atom is 0.233 e. The molecule has 0 aliphatic carbocycles. The van der Waals surface area contributed by atoms with Crippen LogP contribution in [0.3, 0.4) is 0 Å². The molecule has 0 aromatic carbocycles. The second-order valence-electron chi connectivity index (χ2n) is 4.62. The standard InChI is InChI=1S/C12H19NO3/c1-5-7(2)10(14)6-13-11(15)8(3)9(4)12(13)16/h7-9H,5-6H2,1-4H3. The van der Waals surface area contributed by atoms with Crippen LogP contribution in [-0.2, 0) is 14.4 Å². The third-order valence-corrected chi connectivity index (χ3v) is 3.54. The molecule has 0 aromatic rings. The van der Waals surface area contributed by atoms with Gasteiger partial charge in [0.1, 0.15) is 0 Å². The number of likely N-dealkylation sites (tertiary alicyclic amines) is 1. The number of hydrogen-bond donors (Lipinski definition) is 0. The minimum Gasteiger partial charge on any atom is -0.297 e. The number of rotatable bonds is 4. The molecule has 0 saturated carbocycles. The van der Waals surface area contributed by atoms with Gasteiger partial charge in [-0.2, -0.15) is 0 Å². The predicted molar refractivity (Wildman–Crippen MR) is 59.5 cm³/mol. The molecule has 1 heterocycles. The smallest absolute Gasteiger partial charge is 0.233 e. The van der Waals surface area contributed by atoms with Gasteiger partial charge < -0.3 is 0 Å². The van der Waals surface area contributed by atoms with Crippen LogP contribution in [-0.4, -0.2) is 29.0 Å². The van der Waals surface area contributed by atoms with E-state index in [1.807, 2.05) is 13.8 Å². The van der Waals surface area contributed by atoms with Crippen LogP contribution in [0.15, 0.2) is 0 Å². The van der Waals surface area contributed by atoms with Crippen LogP contribution >= 0.6 is 0 Å². The Hall–Kier alpha value is -1.19. The van der Waals surface area contributed by atoms with E-state index >= 15 is 0 Å². The minimum absolute atomic E-state index is 0.0366. The number of imide groups is 1. The van der Waals surface area contributed by atoms with Crippen LogP contribution in [0.1, 0.15) is 34.1 Å². The molecule has 4 nitrogen and oxygen atoms in total. The Morgan fingerprint density at radius 3 is 2.06 bits per heavy atom. The third-order valence-electron chi connectivity index (χ3n) is 3.54. The number of Topliss-reactive ketones (excluding diaryl/α,β-unsaturated/α-hetero) is 1. The summed E-state index contributed by atoms with van der Waals surface area (Å²) in [6.45, 7) is 7.15. The SMILES string of the molecule is CCC(C)C(=O)CN1C(=O)C(C)C(C)C1=O. The number of amides is 2. The molecule has 2 amide bonds. The maximum atomic E-state index is 11.7. The molecular formula is C12H19NO3. The van der Waals surface area contributed by atoms with E-state index in [1.54, 1.807) is 13.8 Å². The third kappa shape index (κ3) is 2.15. The normalized spacial score (nSPS) is 27.4. The summed E-state index contributed by atoms with van der Waals surface area (Å²) in [6.07, 6.45) is 0.736. The monoisotopic (exact) mass is 225 g/mol. The summed E-state index contributed by atoms with van der Waals surface area (Å²) in [5, 5.41) is 0. The van der Waals surface area contributed by atoms with E-state index in [2.05, 4.69) is 0 Å². The van der Waals surface area contributed by atoms with Crippen LogP contribution in [0, 0.1) is 17.8 Å². The average molecular weight is 225 g/mol. The molecule has 4 heteroatoms. The summed E-state index contributed by atoms with van der Waals surface area (Å²) < 4.78 is 0. The van der Waals surface area contributed by atoms with Crippen molar-refractivity contribution >= 4 is 17.6 Å². The molecule has 0 N–H and O–H groups in total. The highest BCUT2D eigenvalue weighted by molar-refractivity contribution is 6.07. The quantitative estimate of drug-likeness (QED) is 0.676. The second kappa shape index (κ2) is 4.76. The molecule has 3 unspecified atom stereocenters. The van der Waals surface area contributed by atoms with E-state index in [4.69, 9.17) is 0 Å². The summed E-state index contributed by atoms with van der Waals surface area (Å²) >= 11 is 0. The Morgan fingerprint density at radius 1 is 1.25 bits per heavy atom. The number of nitrogens with zero attached hydrogens (tertiary/aromatic N) is 1. The minimum atomic E-state index is -0.294. The zero-order chi connectivity index (χ0) is 12.5. The summed E-state index contributed by atoms with van der Waals surface area (Å²) in [5.41, 5.74) is 0. The van der Waals surface area contributed by atoms with Crippen molar-refractivity contribution in [1.29, 1.82) is 0 Å². The highest BCUT2D eigenvalue weighted by Gasteiger charge is 2.42. The van der Waals surface area contributed by atoms with Crippen LogP contribution in [0.25, 0.3) is 0 Å². The molecule has 90 valence electrons. The number of hydrogen-bond acceptors (Lipinski definition) is 3. The van der Waals surface area contributed by atoms with E-state index in [9.17, 15) is 14.4 Å². The van der Waals surface area contributed by atoms with Gasteiger partial charge in [-0.05, 0) is 6.42 Å². The van der Waals surface area contributed by atoms with Crippen LogP contribution in [0.2, 0.25) is 0 Å². The summed E-state index contributed by atoms with van der Waals surface area (Å²) in [7, 11) is 0. The van der Waals surface area contributed by atoms with Crippen molar-refractivity contribution in [3.8, 4) is 0 Å². The van der Waals surface area contributed by atoms with Crippen molar-refractivity contribution in [1.82, 2.24) is 4.90 Å². The van der Waals surface area contributed by atoms with E-state index in [-0.39, 0.29) is 41.9 Å². The molecule has 1 fully saturated rings. The first-order valence-corrected chi connectivity index (χ1v) is 5.78. The van der Waals surface area contributed by atoms with E-state index in [0.29, 0.717) is 0 Å². The Labute approximate surface area is 96.0 Å². The van der Waals surface area contributed by atoms with Gasteiger partial charge in [-0.15, -0.1) is 0 Å². The lowest BCUT2D eigenvalue weighted by molar-refractivity contribution is -0.143. The highest BCUT2D eigenvalue weighted by atomic mass is 16.2. The molecule has 1 saturated heterocycles. The van der Waals surface area contributed by atoms with Gasteiger partial charge >= 0.3 is 0 Å². The number of carbonyl (C=O) groups is 3. The van der Waals surface area contributed by atoms with Crippen molar-refractivity contribution < 1.29 is 14.4 Å².